The van der Waals surface area contributed by atoms with Crippen LogP contribution in [0.3, 0.4) is 0 Å². The van der Waals surface area contributed by atoms with Gasteiger partial charge in [0.1, 0.15) is 24.1 Å². The van der Waals surface area contributed by atoms with E-state index < -0.39 is 28.5 Å². The van der Waals surface area contributed by atoms with E-state index >= 15 is 0 Å². The van der Waals surface area contributed by atoms with Gasteiger partial charge in [-0.2, -0.15) is 0 Å². The monoisotopic (exact) mass is 615 g/mol. The SMILES string of the molecule is COc1ccc(OC)c(N(CC(=O)N(Cc2ccc(Cl)cc2)[C@H](C)C(=O)NCC(C)C)S(=O)(=O)c2ccc(C)cc2)c1. The first-order chi connectivity index (χ1) is 19.9. The highest BCUT2D eigenvalue weighted by molar-refractivity contribution is 7.92. The Morgan fingerprint density at radius 3 is 2.14 bits per heavy atom. The Labute approximate surface area is 253 Å². The van der Waals surface area contributed by atoms with Gasteiger partial charge in [0.05, 0.1) is 24.8 Å². The average molecular weight is 616 g/mol. The Hall–Kier alpha value is -3.76. The number of amides is 2. The zero-order valence-corrected chi connectivity index (χ0v) is 26.3. The number of rotatable bonds is 13. The summed E-state index contributed by atoms with van der Waals surface area (Å²) in [5.74, 6) is -0.124. The smallest absolute Gasteiger partial charge is 0.264 e. The van der Waals surface area contributed by atoms with E-state index in [9.17, 15) is 18.0 Å². The molecule has 0 unspecified atom stereocenters. The third-order valence-corrected chi connectivity index (χ3v) is 8.69. The molecule has 0 saturated heterocycles. The van der Waals surface area contributed by atoms with Gasteiger partial charge in [0.25, 0.3) is 10.0 Å². The maximum Gasteiger partial charge on any atom is 0.264 e. The van der Waals surface area contributed by atoms with Gasteiger partial charge in [-0.25, -0.2) is 8.42 Å². The molecule has 1 atom stereocenters. The highest BCUT2D eigenvalue weighted by Gasteiger charge is 2.34. The zero-order valence-electron chi connectivity index (χ0n) is 24.8. The summed E-state index contributed by atoms with van der Waals surface area (Å²) in [5, 5.41) is 3.40. The Morgan fingerprint density at radius 1 is 0.929 bits per heavy atom. The fraction of sp³-hybridized carbons (Fsp3) is 0.355. The number of nitrogens with zero attached hydrogens (tertiary/aromatic N) is 2. The summed E-state index contributed by atoms with van der Waals surface area (Å²) in [7, 11) is -1.40. The second-order valence-electron chi connectivity index (χ2n) is 10.3. The van der Waals surface area contributed by atoms with Crippen molar-refractivity contribution in [1.82, 2.24) is 10.2 Å². The maximum atomic E-state index is 14.1. The van der Waals surface area contributed by atoms with E-state index in [1.165, 1.54) is 37.3 Å². The minimum atomic E-state index is -4.27. The van der Waals surface area contributed by atoms with Gasteiger partial charge >= 0.3 is 0 Å². The number of halogens is 1. The molecule has 3 rings (SSSR count). The zero-order chi connectivity index (χ0) is 31.0. The van der Waals surface area contributed by atoms with E-state index in [1.807, 2.05) is 20.8 Å². The largest absolute Gasteiger partial charge is 0.497 e. The number of carbonyl (C=O) groups is 2. The molecule has 2 amide bonds. The number of hydrogen-bond acceptors (Lipinski definition) is 6. The van der Waals surface area contributed by atoms with Crippen LogP contribution in [-0.2, 0) is 26.2 Å². The van der Waals surface area contributed by atoms with Gasteiger partial charge in [-0.1, -0.05) is 55.3 Å². The van der Waals surface area contributed by atoms with Crippen LogP contribution in [0.15, 0.2) is 71.6 Å². The molecule has 0 aliphatic carbocycles. The molecule has 11 heteroatoms. The summed E-state index contributed by atoms with van der Waals surface area (Å²) in [4.78, 5) is 28.6. The van der Waals surface area contributed by atoms with Crippen LogP contribution in [0.25, 0.3) is 0 Å². The summed E-state index contributed by atoms with van der Waals surface area (Å²) >= 11 is 6.06. The molecule has 0 saturated carbocycles. The number of hydrogen-bond donors (Lipinski definition) is 1. The predicted molar refractivity (Wildman–Crippen MR) is 165 cm³/mol. The first-order valence-corrected chi connectivity index (χ1v) is 15.3. The molecule has 0 aromatic heterocycles. The predicted octanol–water partition coefficient (Wildman–Crippen LogP) is 5.05. The van der Waals surface area contributed by atoms with Crippen molar-refractivity contribution in [3.05, 3.63) is 82.9 Å². The lowest BCUT2D eigenvalue weighted by Crippen LogP contribution is -2.51. The number of carbonyl (C=O) groups excluding carboxylic acids is 2. The molecular weight excluding hydrogens is 578 g/mol. The Kier molecular flexibility index (Phi) is 11.2. The number of sulfonamides is 1. The molecule has 0 aliphatic rings. The van der Waals surface area contributed by atoms with E-state index in [0.717, 1.165) is 15.4 Å². The summed E-state index contributed by atoms with van der Waals surface area (Å²) in [6.45, 7) is 7.29. The second-order valence-corrected chi connectivity index (χ2v) is 12.6. The molecule has 0 heterocycles. The number of anilines is 1. The van der Waals surface area contributed by atoms with Gasteiger partial charge in [0.2, 0.25) is 11.8 Å². The molecule has 1 N–H and O–H groups in total. The van der Waals surface area contributed by atoms with Gasteiger partial charge < -0.3 is 19.7 Å². The third-order valence-electron chi connectivity index (χ3n) is 6.66. The second kappa shape index (κ2) is 14.4. The van der Waals surface area contributed by atoms with E-state index in [4.69, 9.17) is 21.1 Å². The van der Waals surface area contributed by atoms with E-state index in [2.05, 4.69) is 5.32 Å². The van der Waals surface area contributed by atoms with Gasteiger partial charge in [-0.15, -0.1) is 0 Å². The van der Waals surface area contributed by atoms with Crippen LogP contribution in [-0.4, -0.2) is 58.5 Å². The summed E-state index contributed by atoms with van der Waals surface area (Å²) in [6, 6.07) is 17.1. The first kappa shape index (κ1) is 32.8. The molecule has 0 spiro atoms. The number of aryl methyl sites for hydroxylation is 1. The number of ether oxygens (including phenoxy) is 2. The van der Waals surface area contributed by atoms with Crippen LogP contribution in [0.4, 0.5) is 5.69 Å². The first-order valence-electron chi connectivity index (χ1n) is 13.5. The molecule has 0 fully saturated rings. The van der Waals surface area contributed by atoms with Crippen molar-refractivity contribution in [3.63, 3.8) is 0 Å². The third kappa shape index (κ3) is 8.17. The Bertz CT molecular complexity index is 1480. The topological polar surface area (TPSA) is 105 Å². The Morgan fingerprint density at radius 2 is 1.57 bits per heavy atom. The lowest BCUT2D eigenvalue weighted by molar-refractivity contribution is -0.139. The normalized spacial score (nSPS) is 12.0. The van der Waals surface area contributed by atoms with Gasteiger partial charge in [0, 0.05) is 24.2 Å². The number of benzene rings is 3. The lowest BCUT2D eigenvalue weighted by Gasteiger charge is -2.32. The standard InChI is InChI=1S/C31H38ClN3O6S/c1-21(2)18-33-31(37)23(4)34(19-24-9-11-25(32)12-10-24)30(36)20-35(28-17-26(40-5)13-16-29(28)41-6)42(38,39)27-14-7-22(3)8-15-27/h7-17,21,23H,18-20H2,1-6H3,(H,33,37)/t23-/m1/s1. The van der Waals surface area contributed by atoms with Crippen molar-refractivity contribution < 1.29 is 27.5 Å². The molecular formula is C31H38ClN3O6S. The number of nitrogens with one attached hydrogen (secondary N) is 1. The van der Waals surface area contributed by atoms with Crippen LogP contribution in [0.2, 0.25) is 5.02 Å². The maximum absolute atomic E-state index is 14.1. The fourth-order valence-corrected chi connectivity index (χ4v) is 5.71. The van der Waals surface area contributed by atoms with Gasteiger partial charge in [-0.05, 0) is 61.7 Å². The van der Waals surface area contributed by atoms with Crippen LogP contribution in [0.1, 0.15) is 31.9 Å². The highest BCUT2D eigenvalue weighted by atomic mass is 35.5. The van der Waals surface area contributed by atoms with Crippen LogP contribution in [0, 0.1) is 12.8 Å². The molecule has 9 nitrogen and oxygen atoms in total. The van der Waals surface area contributed by atoms with Crippen molar-refractivity contribution in [2.75, 3.05) is 31.6 Å². The van der Waals surface area contributed by atoms with Crippen molar-refractivity contribution in [1.29, 1.82) is 0 Å². The van der Waals surface area contributed by atoms with Gasteiger partial charge in [0.15, 0.2) is 0 Å². The molecule has 226 valence electrons. The molecule has 3 aromatic rings. The average Bonchev–Trinajstić information content (AvgIpc) is 2.97. The van der Waals surface area contributed by atoms with Crippen LogP contribution >= 0.6 is 11.6 Å². The molecule has 0 aliphatic heterocycles. The molecule has 0 radical (unpaired) electrons. The van der Waals surface area contributed by atoms with Crippen LogP contribution in [0.5, 0.6) is 11.5 Å². The van der Waals surface area contributed by atoms with Crippen molar-refractivity contribution in [2.45, 2.75) is 45.2 Å². The Balaban J connectivity index is 2.10. The van der Waals surface area contributed by atoms with E-state index in [-0.39, 0.29) is 34.7 Å². The highest BCUT2D eigenvalue weighted by Crippen LogP contribution is 2.36. The minimum absolute atomic E-state index is 0.00208. The lowest BCUT2D eigenvalue weighted by atomic mass is 10.1. The summed E-state index contributed by atoms with van der Waals surface area (Å²) < 4.78 is 40.1. The van der Waals surface area contributed by atoms with Crippen LogP contribution < -0.4 is 19.1 Å². The minimum Gasteiger partial charge on any atom is -0.497 e. The quantitative estimate of drug-likeness (QED) is 0.289. The summed E-state index contributed by atoms with van der Waals surface area (Å²) in [6.07, 6.45) is 0. The van der Waals surface area contributed by atoms with Gasteiger partial charge in [-0.3, -0.25) is 13.9 Å². The fourth-order valence-electron chi connectivity index (χ4n) is 4.16. The number of methoxy groups -OCH3 is 2. The summed E-state index contributed by atoms with van der Waals surface area (Å²) in [5.41, 5.74) is 1.73. The van der Waals surface area contributed by atoms with E-state index in [0.29, 0.717) is 17.3 Å². The van der Waals surface area contributed by atoms with Crippen molar-refractivity contribution in [2.24, 2.45) is 5.92 Å². The molecule has 0 bridgehead atoms. The molecule has 42 heavy (non-hydrogen) atoms. The molecule has 3 aromatic carbocycles. The van der Waals surface area contributed by atoms with Crippen molar-refractivity contribution >= 4 is 39.1 Å². The van der Waals surface area contributed by atoms with E-state index in [1.54, 1.807) is 55.5 Å². The van der Waals surface area contributed by atoms with Crippen molar-refractivity contribution in [3.8, 4) is 11.5 Å².